The smallest absolute Gasteiger partial charge is 0.330 e. The predicted molar refractivity (Wildman–Crippen MR) is 107 cm³/mol. The zero-order chi connectivity index (χ0) is 21.0. The molecule has 0 bridgehead atoms. The molecule has 29 heavy (non-hydrogen) atoms. The van der Waals surface area contributed by atoms with E-state index in [4.69, 9.17) is 26.4 Å². The number of hydrogen-bond donors (Lipinski definition) is 3. The van der Waals surface area contributed by atoms with Crippen LogP contribution in [0.25, 0.3) is 11.2 Å². The molecule has 2 aliphatic carbocycles. The molecule has 2 saturated carbocycles. The van der Waals surface area contributed by atoms with E-state index >= 15 is 0 Å². The molecule has 2 fully saturated rings. The molecule has 2 aromatic rings. The molecule has 2 heterocycles. The molecule has 2 aliphatic rings. The minimum Gasteiger partial charge on any atom is -0.390 e. The topological polar surface area (TPSA) is 146 Å². The number of halogens is 1. The zero-order valence-corrected chi connectivity index (χ0v) is 17.9. The first-order valence-electron chi connectivity index (χ1n) is 9.66. The summed E-state index contributed by atoms with van der Waals surface area (Å²) in [6.45, 7) is 4.09. The van der Waals surface area contributed by atoms with Crippen molar-refractivity contribution in [2.24, 2.45) is 11.3 Å². The lowest BCUT2D eigenvalue weighted by molar-refractivity contribution is -0.0184. The predicted octanol–water partition coefficient (Wildman–Crippen LogP) is 2.00. The van der Waals surface area contributed by atoms with E-state index in [-0.39, 0.29) is 36.4 Å². The molecule has 4 rings (SSSR count). The van der Waals surface area contributed by atoms with Crippen LogP contribution in [-0.2, 0) is 13.6 Å². The Hall–Kier alpha value is -1.29. The fourth-order valence-corrected chi connectivity index (χ4v) is 6.72. The average Bonchev–Trinajstić information content (AvgIpc) is 3.16. The van der Waals surface area contributed by atoms with Gasteiger partial charge in [0.05, 0.1) is 37.8 Å². The lowest BCUT2D eigenvalue weighted by atomic mass is 9.96. The molecule has 0 spiro atoms. The monoisotopic (exact) mass is 445 g/mol. The molecule has 0 radical (unpaired) electrons. The Balaban J connectivity index is 1.60. The van der Waals surface area contributed by atoms with Gasteiger partial charge in [0.2, 0.25) is 5.28 Å². The van der Waals surface area contributed by atoms with Gasteiger partial charge in [0.15, 0.2) is 11.5 Å². The van der Waals surface area contributed by atoms with Crippen molar-refractivity contribution >= 4 is 36.2 Å². The lowest BCUT2D eigenvalue weighted by Gasteiger charge is -2.25. The van der Waals surface area contributed by atoms with Gasteiger partial charge in [-0.15, -0.1) is 0 Å². The third-order valence-electron chi connectivity index (χ3n) is 6.10. The Morgan fingerprint density at radius 3 is 2.69 bits per heavy atom. The first-order chi connectivity index (χ1) is 13.8. The number of aromatic nitrogens is 4. The zero-order valence-electron chi connectivity index (χ0n) is 16.2. The third-order valence-corrected chi connectivity index (χ3v) is 8.34. The molecular weight excluding hydrogens is 421 g/mol. The largest absolute Gasteiger partial charge is 0.390 e. The molecule has 4 N–H and O–H groups in total. The molecule has 2 aromatic heterocycles. The van der Waals surface area contributed by atoms with Gasteiger partial charge in [-0.05, 0) is 44.2 Å². The number of hydrogen-bond acceptors (Lipinski definition) is 9. The molecule has 0 unspecified atom stereocenters. The normalized spacial score (nSPS) is 31.3. The van der Waals surface area contributed by atoms with Gasteiger partial charge in [0.25, 0.3) is 0 Å². The van der Waals surface area contributed by atoms with Crippen LogP contribution in [0.15, 0.2) is 6.33 Å². The molecule has 10 nitrogen and oxygen atoms in total. The standard InChI is InChI=1S/C17H25ClN5O5P/c1-3-27-29(26,28-4-2)6-5-17-7-9(17)11(12(24)13(17)25)23-8-20-10-14(19)21-16(18)22-15(10)23/h8-9,11-13,24-25H,3-7H2,1-2H3,(H2,19,21,22)/t9-,11-,12+,13+,17+/m1/s1. The van der Waals surface area contributed by atoms with Crippen molar-refractivity contribution in [2.45, 2.75) is 44.9 Å². The van der Waals surface area contributed by atoms with Gasteiger partial charge in [0, 0.05) is 5.41 Å². The van der Waals surface area contributed by atoms with Gasteiger partial charge in [-0.3, -0.25) is 4.57 Å². The number of aliphatic hydroxyl groups excluding tert-OH is 2. The summed E-state index contributed by atoms with van der Waals surface area (Å²) in [4.78, 5) is 12.4. The van der Waals surface area contributed by atoms with Gasteiger partial charge in [-0.25, -0.2) is 4.98 Å². The summed E-state index contributed by atoms with van der Waals surface area (Å²) in [6.07, 6.45) is 0.830. The highest BCUT2D eigenvalue weighted by Gasteiger charge is 2.71. The maximum atomic E-state index is 12.8. The van der Waals surface area contributed by atoms with Crippen LogP contribution in [0.4, 0.5) is 5.82 Å². The highest BCUT2D eigenvalue weighted by molar-refractivity contribution is 7.53. The number of imidazole rings is 1. The van der Waals surface area contributed by atoms with Crippen LogP contribution in [0.2, 0.25) is 5.28 Å². The van der Waals surface area contributed by atoms with E-state index in [2.05, 4.69) is 15.0 Å². The highest BCUT2D eigenvalue weighted by atomic mass is 35.5. The second-order valence-electron chi connectivity index (χ2n) is 7.59. The van der Waals surface area contributed by atoms with Crippen LogP contribution in [0.3, 0.4) is 0 Å². The van der Waals surface area contributed by atoms with E-state index in [1.165, 1.54) is 6.33 Å². The van der Waals surface area contributed by atoms with Gasteiger partial charge < -0.3 is 29.6 Å². The van der Waals surface area contributed by atoms with Crippen molar-refractivity contribution in [1.82, 2.24) is 19.5 Å². The van der Waals surface area contributed by atoms with Gasteiger partial charge in [-0.2, -0.15) is 9.97 Å². The van der Waals surface area contributed by atoms with E-state index in [1.54, 1.807) is 18.4 Å². The van der Waals surface area contributed by atoms with Crippen molar-refractivity contribution in [3.05, 3.63) is 11.6 Å². The van der Waals surface area contributed by atoms with Crippen molar-refractivity contribution in [3.63, 3.8) is 0 Å². The molecule has 0 aliphatic heterocycles. The maximum absolute atomic E-state index is 12.8. The number of nitrogen functional groups attached to an aromatic ring is 1. The number of nitrogens with two attached hydrogens (primary N) is 1. The van der Waals surface area contributed by atoms with Gasteiger partial charge in [0.1, 0.15) is 11.6 Å². The lowest BCUT2D eigenvalue weighted by Crippen LogP contribution is -2.34. The quantitative estimate of drug-likeness (QED) is 0.410. The van der Waals surface area contributed by atoms with Gasteiger partial charge >= 0.3 is 7.60 Å². The number of aliphatic hydroxyl groups is 2. The van der Waals surface area contributed by atoms with E-state index in [9.17, 15) is 14.8 Å². The first kappa shape index (κ1) is 21.0. The van der Waals surface area contributed by atoms with Gasteiger partial charge in [-0.1, -0.05) is 0 Å². The molecule has 160 valence electrons. The summed E-state index contributed by atoms with van der Waals surface area (Å²) >= 11 is 5.94. The van der Waals surface area contributed by atoms with Crippen LogP contribution in [0.5, 0.6) is 0 Å². The maximum Gasteiger partial charge on any atom is 0.330 e. The fraction of sp³-hybridized carbons (Fsp3) is 0.706. The first-order valence-corrected chi connectivity index (χ1v) is 11.8. The van der Waals surface area contributed by atoms with E-state index in [0.717, 1.165) is 0 Å². The Kier molecular flexibility index (Phi) is 5.38. The minimum absolute atomic E-state index is 0.0128. The summed E-state index contributed by atoms with van der Waals surface area (Å²) in [5.74, 6) is 0.125. The molecule has 12 heteroatoms. The van der Waals surface area contributed by atoms with Crippen molar-refractivity contribution in [2.75, 3.05) is 25.1 Å². The Labute approximate surface area is 172 Å². The Bertz CT molecular complexity index is 963. The fourth-order valence-electron chi connectivity index (χ4n) is 4.74. The SMILES string of the molecule is CCOP(=O)(CC[C@]12C[C@@H]1[C@@H](n1cnc3c(N)nc(Cl)nc31)[C@H](O)[C@@H]2O)OCC. The second-order valence-corrected chi connectivity index (χ2v) is 10.1. The molecule has 0 aromatic carbocycles. The van der Waals surface area contributed by atoms with Crippen LogP contribution >= 0.6 is 19.2 Å². The number of fused-ring (bicyclic) bond motifs is 2. The Morgan fingerprint density at radius 1 is 1.34 bits per heavy atom. The van der Waals surface area contributed by atoms with E-state index in [1.807, 2.05) is 0 Å². The summed E-state index contributed by atoms with van der Waals surface area (Å²) in [5.41, 5.74) is 6.13. The van der Waals surface area contributed by atoms with Crippen LogP contribution in [0, 0.1) is 11.3 Å². The number of anilines is 1. The van der Waals surface area contributed by atoms with Crippen molar-refractivity contribution in [3.8, 4) is 0 Å². The van der Waals surface area contributed by atoms with Crippen molar-refractivity contribution in [1.29, 1.82) is 0 Å². The van der Waals surface area contributed by atoms with Crippen LogP contribution in [-0.4, -0.2) is 61.3 Å². The van der Waals surface area contributed by atoms with Crippen molar-refractivity contribution < 1.29 is 23.8 Å². The average molecular weight is 446 g/mol. The minimum atomic E-state index is -3.23. The number of nitrogens with zero attached hydrogens (tertiary/aromatic N) is 4. The van der Waals surface area contributed by atoms with Crippen LogP contribution < -0.4 is 5.73 Å². The summed E-state index contributed by atoms with van der Waals surface area (Å²) in [7, 11) is -3.23. The van der Waals surface area contributed by atoms with E-state index in [0.29, 0.717) is 24.0 Å². The summed E-state index contributed by atoms with van der Waals surface area (Å²) in [6, 6.07) is -0.445. The summed E-state index contributed by atoms with van der Waals surface area (Å²) < 4.78 is 25.3. The number of rotatable bonds is 8. The molecule has 0 saturated heterocycles. The second kappa shape index (κ2) is 7.44. The van der Waals surface area contributed by atoms with Crippen LogP contribution in [0.1, 0.15) is 32.7 Å². The molecule has 5 atom stereocenters. The summed E-state index contributed by atoms with van der Waals surface area (Å²) in [5, 5.41) is 21.6. The highest BCUT2D eigenvalue weighted by Crippen LogP contribution is 2.71. The van der Waals surface area contributed by atoms with E-state index < -0.39 is 31.3 Å². The molecular formula is C17H25ClN5O5P. The third kappa shape index (κ3) is 3.36. The Morgan fingerprint density at radius 2 is 2.03 bits per heavy atom. The molecule has 0 amide bonds.